The summed E-state index contributed by atoms with van der Waals surface area (Å²) in [5, 5.41) is 0. The summed E-state index contributed by atoms with van der Waals surface area (Å²) in [6, 6.07) is 0.508. The van der Waals surface area contributed by atoms with Gasteiger partial charge in [0.05, 0.1) is 0 Å². The van der Waals surface area contributed by atoms with Gasteiger partial charge >= 0.3 is 0 Å². The fourth-order valence-electron chi connectivity index (χ4n) is 2.88. The Hall–Kier alpha value is -1.06. The lowest BCUT2D eigenvalue weighted by Crippen LogP contribution is -2.39. The number of hydrogen-bond donors (Lipinski definition) is 0. The molecule has 0 spiro atoms. The van der Waals surface area contributed by atoms with E-state index >= 15 is 0 Å². The van der Waals surface area contributed by atoms with Crippen LogP contribution in [0.25, 0.3) is 0 Å². The highest BCUT2D eigenvalue weighted by Gasteiger charge is 2.20. The first kappa shape index (κ1) is 33.6. The lowest BCUT2D eigenvalue weighted by Gasteiger charge is -2.31. The first-order chi connectivity index (χ1) is 14.2. The van der Waals surface area contributed by atoms with Gasteiger partial charge in [-0.1, -0.05) is 80.6 Å². The standard InChI is InChI=1S/C17H34N2O2.C5H12.C4H10/c1-7-10-16(20)18(5)14(4)12-13-15(9-3)19(6)17(21)11-8-2;1-3-5-4-2;1-3-4-2/h14-15H,7-13H2,1-6H3;3-5H2,1-2H3;3-4H2,1-2H3. The fourth-order valence-corrected chi connectivity index (χ4v) is 2.88. The summed E-state index contributed by atoms with van der Waals surface area (Å²) in [5.74, 6) is 0.445. The van der Waals surface area contributed by atoms with Gasteiger partial charge in [-0.15, -0.1) is 0 Å². The Balaban J connectivity index is -0.000000674. The molecule has 2 amide bonds. The zero-order valence-corrected chi connectivity index (χ0v) is 22.4. The van der Waals surface area contributed by atoms with Crippen molar-refractivity contribution in [3.8, 4) is 0 Å². The number of carbonyl (C=O) groups excluding carboxylic acids is 2. The van der Waals surface area contributed by atoms with Crippen LogP contribution in [0.15, 0.2) is 0 Å². The molecule has 0 saturated carbocycles. The molecule has 0 N–H and O–H groups in total. The maximum atomic E-state index is 12.0. The summed E-state index contributed by atoms with van der Waals surface area (Å²) in [4.78, 5) is 27.6. The van der Waals surface area contributed by atoms with Gasteiger partial charge in [0.25, 0.3) is 0 Å². The van der Waals surface area contributed by atoms with Crippen molar-refractivity contribution in [2.24, 2.45) is 0 Å². The summed E-state index contributed by atoms with van der Waals surface area (Å²) >= 11 is 0. The van der Waals surface area contributed by atoms with Crippen molar-refractivity contribution in [3.63, 3.8) is 0 Å². The van der Waals surface area contributed by atoms with Gasteiger partial charge < -0.3 is 9.80 Å². The highest BCUT2D eigenvalue weighted by molar-refractivity contribution is 5.76. The van der Waals surface area contributed by atoms with Gasteiger partial charge in [-0.25, -0.2) is 0 Å². The normalized spacial score (nSPS) is 11.9. The maximum absolute atomic E-state index is 12.0. The average molecular weight is 429 g/mol. The van der Waals surface area contributed by atoms with Crippen molar-refractivity contribution in [3.05, 3.63) is 0 Å². The minimum atomic E-state index is 0.216. The molecule has 0 aliphatic heterocycles. The third-order valence-electron chi connectivity index (χ3n) is 5.52. The van der Waals surface area contributed by atoms with Crippen LogP contribution in [0.3, 0.4) is 0 Å². The van der Waals surface area contributed by atoms with E-state index in [4.69, 9.17) is 0 Å². The molecule has 0 aliphatic rings. The number of nitrogens with zero attached hydrogens (tertiary/aromatic N) is 2. The third kappa shape index (κ3) is 18.9. The van der Waals surface area contributed by atoms with Crippen LogP contribution in [-0.4, -0.2) is 47.8 Å². The molecule has 0 heterocycles. The molecule has 0 aliphatic carbocycles. The molecule has 0 saturated heterocycles. The Labute approximate surface area is 190 Å². The third-order valence-corrected chi connectivity index (χ3v) is 5.52. The number of rotatable bonds is 13. The fraction of sp³-hybridized carbons (Fsp3) is 0.923. The monoisotopic (exact) mass is 428 g/mol. The van der Waals surface area contributed by atoms with Gasteiger partial charge in [0.2, 0.25) is 11.8 Å². The van der Waals surface area contributed by atoms with E-state index in [-0.39, 0.29) is 23.9 Å². The molecule has 0 radical (unpaired) electrons. The summed E-state index contributed by atoms with van der Waals surface area (Å²) in [7, 11) is 3.79. The Kier molecular flexibility index (Phi) is 27.1. The first-order valence-electron chi connectivity index (χ1n) is 12.7. The Morgan fingerprint density at radius 2 is 1.07 bits per heavy atom. The SMILES string of the molecule is CCCC.CCCC(=O)N(C)C(C)CCC(CC)N(C)C(=O)CCC.CCCCC. The van der Waals surface area contributed by atoms with Crippen molar-refractivity contribution >= 4 is 11.8 Å². The van der Waals surface area contributed by atoms with Gasteiger partial charge in [0.1, 0.15) is 0 Å². The topological polar surface area (TPSA) is 40.6 Å². The molecule has 0 fully saturated rings. The Morgan fingerprint density at radius 3 is 1.37 bits per heavy atom. The molecule has 2 atom stereocenters. The molecule has 4 heteroatoms. The van der Waals surface area contributed by atoms with Gasteiger partial charge in [0.15, 0.2) is 0 Å². The summed E-state index contributed by atoms with van der Waals surface area (Å²) < 4.78 is 0. The van der Waals surface area contributed by atoms with Crippen molar-refractivity contribution in [2.75, 3.05) is 14.1 Å². The van der Waals surface area contributed by atoms with Crippen LogP contribution in [0.5, 0.6) is 0 Å². The second-order valence-corrected chi connectivity index (χ2v) is 8.35. The number of carbonyl (C=O) groups is 2. The van der Waals surface area contributed by atoms with Gasteiger partial charge in [0, 0.05) is 39.0 Å². The zero-order chi connectivity index (χ0) is 23.9. The second kappa shape index (κ2) is 24.2. The zero-order valence-electron chi connectivity index (χ0n) is 22.4. The molecule has 4 nitrogen and oxygen atoms in total. The van der Waals surface area contributed by atoms with Crippen LogP contribution in [-0.2, 0) is 9.59 Å². The van der Waals surface area contributed by atoms with Crippen LogP contribution in [0.1, 0.15) is 132 Å². The molecule has 0 bridgehead atoms. The molecular weight excluding hydrogens is 372 g/mol. The summed E-state index contributed by atoms with van der Waals surface area (Å²) in [5.41, 5.74) is 0. The van der Waals surface area contributed by atoms with E-state index in [0.29, 0.717) is 12.8 Å². The quantitative estimate of drug-likeness (QED) is 0.305. The van der Waals surface area contributed by atoms with Gasteiger partial charge in [-0.2, -0.15) is 0 Å². The van der Waals surface area contributed by atoms with Crippen LogP contribution in [0, 0.1) is 0 Å². The largest absolute Gasteiger partial charge is 0.343 e. The second-order valence-electron chi connectivity index (χ2n) is 8.35. The van der Waals surface area contributed by atoms with Crippen LogP contribution in [0.2, 0.25) is 0 Å². The Bertz CT molecular complexity index is 381. The predicted molar refractivity (Wildman–Crippen MR) is 134 cm³/mol. The molecule has 0 aromatic carbocycles. The average Bonchev–Trinajstić information content (AvgIpc) is 2.74. The van der Waals surface area contributed by atoms with Crippen LogP contribution >= 0.6 is 0 Å². The van der Waals surface area contributed by atoms with E-state index in [2.05, 4.69) is 41.5 Å². The van der Waals surface area contributed by atoms with Crippen LogP contribution < -0.4 is 0 Å². The van der Waals surface area contributed by atoms with Crippen molar-refractivity contribution < 1.29 is 9.59 Å². The molecule has 2 unspecified atom stereocenters. The number of amides is 2. The smallest absolute Gasteiger partial charge is 0.222 e. The van der Waals surface area contributed by atoms with E-state index in [0.717, 1.165) is 32.1 Å². The van der Waals surface area contributed by atoms with E-state index in [1.807, 2.05) is 37.7 Å². The van der Waals surface area contributed by atoms with Crippen molar-refractivity contribution in [2.45, 2.75) is 145 Å². The van der Waals surface area contributed by atoms with E-state index in [9.17, 15) is 9.59 Å². The van der Waals surface area contributed by atoms with Crippen molar-refractivity contribution in [1.29, 1.82) is 0 Å². The Morgan fingerprint density at radius 1 is 0.633 bits per heavy atom. The van der Waals surface area contributed by atoms with E-state index in [1.165, 1.54) is 32.1 Å². The lowest BCUT2D eigenvalue weighted by atomic mass is 10.0. The molecular formula is C26H56N2O2. The summed E-state index contributed by atoms with van der Waals surface area (Å²) in [6.45, 7) is 17.1. The number of unbranched alkanes of at least 4 members (excludes halogenated alkanes) is 3. The predicted octanol–water partition coefficient (Wildman–Crippen LogP) is 7.45. The molecule has 0 aromatic heterocycles. The minimum absolute atomic E-state index is 0.216. The van der Waals surface area contributed by atoms with Crippen LogP contribution in [0.4, 0.5) is 0 Å². The first-order valence-corrected chi connectivity index (χ1v) is 12.7. The molecule has 0 aromatic rings. The van der Waals surface area contributed by atoms with E-state index in [1.54, 1.807) is 0 Å². The van der Waals surface area contributed by atoms with Crippen molar-refractivity contribution in [1.82, 2.24) is 9.80 Å². The minimum Gasteiger partial charge on any atom is -0.343 e. The van der Waals surface area contributed by atoms with Gasteiger partial charge in [-0.3, -0.25) is 9.59 Å². The highest BCUT2D eigenvalue weighted by atomic mass is 16.2. The molecule has 30 heavy (non-hydrogen) atoms. The highest BCUT2D eigenvalue weighted by Crippen LogP contribution is 2.15. The molecule has 182 valence electrons. The van der Waals surface area contributed by atoms with Gasteiger partial charge in [-0.05, 0) is 39.0 Å². The number of hydrogen-bond acceptors (Lipinski definition) is 2. The van der Waals surface area contributed by atoms with E-state index < -0.39 is 0 Å². The lowest BCUT2D eigenvalue weighted by molar-refractivity contribution is -0.133. The molecule has 0 rings (SSSR count). The maximum Gasteiger partial charge on any atom is 0.222 e. The summed E-state index contributed by atoms with van der Waals surface area (Å²) in [6.07, 6.45) is 12.6.